The van der Waals surface area contributed by atoms with E-state index in [1.54, 1.807) is 11.3 Å². The summed E-state index contributed by atoms with van der Waals surface area (Å²) >= 11 is 1.68. The average molecular weight is 269 g/mol. The molecule has 1 unspecified atom stereocenters. The van der Waals surface area contributed by atoms with Gasteiger partial charge in [-0.05, 0) is 47.0 Å². The van der Waals surface area contributed by atoms with Crippen LogP contribution in [-0.4, -0.2) is 4.98 Å². The molecule has 96 valence electrons. The Balaban J connectivity index is 2.23. The van der Waals surface area contributed by atoms with E-state index in [9.17, 15) is 0 Å². The maximum atomic E-state index is 5.77. The number of hydrazine groups is 1. The van der Waals surface area contributed by atoms with E-state index in [4.69, 9.17) is 5.84 Å². The summed E-state index contributed by atoms with van der Waals surface area (Å²) in [5, 5.41) is 5.33. The molecule has 2 aromatic heterocycles. The van der Waals surface area contributed by atoms with Gasteiger partial charge in [-0.2, -0.15) is 11.3 Å². The SMILES string of the molecule is Cc1cc(C(NN)c2ccsc2)c2ccccc2n1. The van der Waals surface area contributed by atoms with Gasteiger partial charge in [0.15, 0.2) is 0 Å². The first-order valence-corrected chi connectivity index (χ1v) is 7.08. The lowest BCUT2D eigenvalue weighted by Crippen LogP contribution is -2.28. The quantitative estimate of drug-likeness (QED) is 0.567. The van der Waals surface area contributed by atoms with E-state index >= 15 is 0 Å². The molecule has 0 spiro atoms. The van der Waals surface area contributed by atoms with Gasteiger partial charge in [0.25, 0.3) is 0 Å². The number of nitrogens with zero attached hydrogens (tertiary/aromatic N) is 1. The molecule has 0 fully saturated rings. The van der Waals surface area contributed by atoms with Crippen molar-refractivity contribution in [1.29, 1.82) is 0 Å². The number of hydrogen-bond donors (Lipinski definition) is 2. The molecule has 0 bridgehead atoms. The fraction of sp³-hybridized carbons (Fsp3) is 0.133. The van der Waals surface area contributed by atoms with Crippen LogP contribution in [0.5, 0.6) is 0 Å². The summed E-state index contributed by atoms with van der Waals surface area (Å²) in [6.07, 6.45) is 0. The van der Waals surface area contributed by atoms with Crippen LogP contribution in [-0.2, 0) is 0 Å². The maximum absolute atomic E-state index is 5.77. The maximum Gasteiger partial charge on any atom is 0.0725 e. The number of thiophene rings is 1. The molecule has 0 aliphatic carbocycles. The molecule has 3 N–H and O–H groups in total. The van der Waals surface area contributed by atoms with Crippen molar-refractivity contribution >= 4 is 22.2 Å². The van der Waals surface area contributed by atoms with Gasteiger partial charge in [-0.3, -0.25) is 10.8 Å². The van der Waals surface area contributed by atoms with Crippen molar-refractivity contribution < 1.29 is 0 Å². The van der Waals surface area contributed by atoms with Gasteiger partial charge in [-0.1, -0.05) is 18.2 Å². The Morgan fingerprint density at radius 2 is 2.11 bits per heavy atom. The third-order valence-electron chi connectivity index (χ3n) is 3.23. The summed E-state index contributed by atoms with van der Waals surface area (Å²) in [7, 11) is 0. The predicted molar refractivity (Wildman–Crippen MR) is 80.0 cm³/mol. The van der Waals surface area contributed by atoms with Crippen LogP contribution >= 0.6 is 11.3 Å². The number of nitrogens with one attached hydrogen (secondary N) is 1. The van der Waals surface area contributed by atoms with Crippen molar-refractivity contribution in [3.63, 3.8) is 0 Å². The minimum absolute atomic E-state index is 0.00199. The molecule has 19 heavy (non-hydrogen) atoms. The van der Waals surface area contributed by atoms with Crippen molar-refractivity contribution in [2.24, 2.45) is 5.84 Å². The van der Waals surface area contributed by atoms with Crippen molar-refractivity contribution in [3.8, 4) is 0 Å². The van der Waals surface area contributed by atoms with Gasteiger partial charge in [-0.15, -0.1) is 0 Å². The number of para-hydroxylation sites is 1. The van der Waals surface area contributed by atoms with E-state index in [1.165, 1.54) is 11.1 Å². The smallest absolute Gasteiger partial charge is 0.0725 e. The van der Waals surface area contributed by atoms with Crippen LogP contribution in [0.4, 0.5) is 0 Å². The van der Waals surface area contributed by atoms with E-state index in [0.717, 1.165) is 16.6 Å². The molecular formula is C15H15N3S. The number of pyridine rings is 1. The molecular weight excluding hydrogens is 254 g/mol. The van der Waals surface area contributed by atoms with Crippen LogP contribution in [0.3, 0.4) is 0 Å². The molecule has 2 heterocycles. The Hall–Kier alpha value is -1.75. The molecule has 0 aliphatic heterocycles. The number of nitrogens with two attached hydrogens (primary N) is 1. The highest BCUT2D eigenvalue weighted by Crippen LogP contribution is 2.29. The summed E-state index contributed by atoms with van der Waals surface area (Å²) in [4.78, 5) is 4.57. The van der Waals surface area contributed by atoms with Crippen LogP contribution < -0.4 is 11.3 Å². The van der Waals surface area contributed by atoms with Crippen molar-refractivity contribution in [3.05, 3.63) is 64.0 Å². The van der Waals surface area contributed by atoms with Gasteiger partial charge in [0.2, 0.25) is 0 Å². The highest BCUT2D eigenvalue weighted by Gasteiger charge is 2.16. The number of benzene rings is 1. The second kappa shape index (κ2) is 5.09. The van der Waals surface area contributed by atoms with Gasteiger partial charge < -0.3 is 0 Å². The van der Waals surface area contributed by atoms with Crippen LogP contribution in [0.25, 0.3) is 10.9 Å². The number of rotatable bonds is 3. The molecule has 0 aliphatic rings. The van der Waals surface area contributed by atoms with E-state index in [1.807, 2.05) is 25.1 Å². The molecule has 0 radical (unpaired) electrons. The average Bonchev–Trinajstić information content (AvgIpc) is 2.93. The molecule has 3 nitrogen and oxygen atoms in total. The fourth-order valence-electron chi connectivity index (χ4n) is 2.38. The van der Waals surface area contributed by atoms with Crippen LogP contribution in [0.15, 0.2) is 47.2 Å². The monoisotopic (exact) mass is 269 g/mol. The third-order valence-corrected chi connectivity index (χ3v) is 3.93. The van der Waals surface area contributed by atoms with Gasteiger partial charge in [0.1, 0.15) is 0 Å². The predicted octanol–water partition coefficient (Wildman–Crippen LogP) is 3.16. The lowest BCUT2D eigenvalue weighted by Gasteiger charge is -2.18. The number of aromatic nitrogens is 1. The fourth-order valence-corrected chi connectivity index (χ4v) is 3.07. The van der Waals surface area contributed by atoms with Crippen LogP contribution in [0.2, 0.25) is 0 Å². The van der Waals surface area contributed by atoms with Gasteiger partial charge in [-0.25, -0.2) is 5.43 Å². The third kappa shape index (κ3) is 2.26. The topological polar surface area (TPSA) is 50.9 Å². The molecule has 1 aromatic carbocycles. The standard InChI is InChI=1S/C15H15N3S/c1-10-8-13(12-4-2-3-5-14(12)17-10)15(18-16)11-6-7-19-9-11/h2-9,15,18H,16H2,1H3. The van der Waals surface area contributed by atoms with Crippen LogP contribution in [0, 0.1) is 6.92 Å². The second-order valence-corrected chi connectivity index (χ2v) is 5.31. The first-order chi connectivity index (χ1) is 9.29. The highest BCUT2D eigenvalue weighted by atomic mass is 32.1. The molecule has 1 atom stereocenters. The molecule has 0 saturated carbocycles. The highest BCUT2D eigenvalue weighted by molar-refractivity contribution is 7.08. The number of fused-ring (bicyclic) bond motifs is 1. The summed E-state index contributed by atoms with van der Waals surface area (Å²) in [6, 6.07) is 12.4. The Bertz CT molecular complexity index is 692. The molecule has 0 saturated heterocycles. The zero-order chi connectivity index (χ0) is 13.2. The molecule has 3 aromatic rings. The number of aryl methyl sites for hydroxylation is 1. The lowest BCUT2D eigenvalue weighted by molar-refractivity contribution is 0.642. The minimum Gasteiger partial charge on any atom is -0.271 e. The van der Waals surface area contributed by atoms with Crippen molar-refractivity contribution in [2.45, 2.75) is 13.0 Å². The Morgan fingerprint density at radius 1 is 1.26 bits per heavy atom. The van der Waals surface area contributed by atoms with E-state index < -0.39 is 0 Å². The summed E-state index contributed by atoms with van der Waals surface area (Å²) in [5.74, 6) is 5.77. The van der Waals surface area contributed by atoms with E-state index in [-0.39, 0.29) is 6.04 Å². The first kappa shape index (κ1) is 12.3. The number of hydrogen-bond acceptors (Lipinski definition) is 4. The lowest BCUT2D eigenvalue weighted by atomic mass is 9.97. The zero-order valence-corrected chi connectivity index (χ0v) is 11.4. The van der Waals surface area contributed by atoms with E-state index in [0.29, 0.717) is 0 Å². The van der Waals surface area contributed by atoms with Crippen molar-refractivity contribution in [1.82, 2.24) is 10.4 Å². The minimum atomic E-state index is -0.00199. The van der Waals surface area contributed by atoms with Gasteiger partial charge >= 0.3 is 0 Å². The zero-order valence-electron chi connectivity index (χ0n) is 10.6. The van der Waals surface area contributed by atoms with Gasteiger partial charge in [0, 0.05) is 11.1 Å². The Labute approximate surface area is 116 Å². The van der Waals surface area contributed by atoms with Crippen LogP contribution in [0.1, 0.15) is 22.9 Å². The van der Waals surface area contributed by atoms with Gasteiger partial charge in [0.05, 0.1) is 11.6 Å². The normalized spacial score (nSPS) is 12.7. The molecule has 3 rings (SSSR count). The Morgan fingerprint density at radius 3 is 2.84 bits per heavy atom. The summed E-state index contributed by atoms with van der Waals surface area (Å²) < 4.78 is 0. The summed E-state index contributed by atoms with van der Waals surface area (Å²) in [5.41, 5.74) is 7.28. The first-order valence-electron chi connectivity index (χ1n) is 6.14. The Kier molecular flexibility index (Phi) is 3.29. The van der Waals surface area contributed by atoms with Crippen molar-refractivity contribution in [2.75, 3.05) is 0 Å². The molecule has 4 heteroatoms. The molecule has 0 amide bonds. The largest absolute Gasteiger partial charge is 0.271 e. The second-order valence-electron chi connectivity index (χ2n) is 4.53. The summed E-state index contributed by atoms with van der Waals surface area (Å²) in [6.45, 7) is 2.01. The van der Waals surface area contributed by atoms with E-state index in [2.05, 4.69) is 39.4 Å².